The molecule has 1 atom stereocenters. The maximum absolute atomic E-state index is 10.0. The fraction of sp³-hybridized carbons (Fsp3) is 0.700. The number of unbranched alkanes of at least 4 members (excludes halogenated alkanes) is 4. The second-order valence-electron chi connectivity index (χ2n) is 7.86. The highest BCUT2D eigenvalue weighted by atomic mass is 31.2. The van der Waals surface area contributed by atoms with Gasteiger partial charge in [-0.15, -0.1) is 0 Å². The SMILES string of the molecule is CC(C)CCCCCCCOP(O)Oc1ccccc1C(C)(C)C. The van der Waals surface area contributed by atoms with Crippen molar-refractivity contribution in [3.63, 3.8) is 0 Å². The minimum atomic E-state index is -1.86. The molecule has 1 rings (SSSR count). The van der Waals surface area contributed by atoms with Crippen molar-refractivity contribution >= 4 is 8.60 Å². The van der Waals surface area contributed by atoms with Crippen LogP contribution in [0.1, 0.15) is 78.7 Å². The van der Waals surface area contributed by atoms with Crippen LogP contribution in [0.2, 0.25) is 0 Å². The molecule has 0 saturated heterocycles. The van der Waals surface area contributed by atoms with Gasteiger partial charge in [0.15, 0.2) is 0 Å². The Balaban J connectivity index is 2.22. The molecule has 0 saturated carbocycles. The van der Waals surface area contributed by atoms with E-state index in [9.17, 15) is 4.89 Å². The first-order chi connectivity index (χ1) is 11.3. The zero-order chi connectivity index (χ0) is 18.0. The summed E-state index contributed by atoms with van der Waals surface area (Å²) < 4.78 is 11.1. The van der Waals surface area contributed by atoms with Crippen LogP contribution < -0.4 is 4.52 Å². The predicted molar refractivity (Wildman–Crippen MR) is 103 cm³/mol. The fourth-order valence-corrected chi connectivity index (χ4v) is 3.27. The number of hydrogen-bond donors (Lipinski definition) is 1. The Kier molecular flexibility index (Phi) is 9.88. The van der Waals surface area contributed by atoms with Gasteiger partial charge in [0.05, 0.1) is 6.61 Å². The summed E-state index contributed by atoms with van der Waals surface area (Å²) in [6.07, 6.45) is 7.30. The zero-order valence-electron chi connectivity index (χ0n) is 16.0. The molecule has 0 aliphatic heterocycles. The summed E-state index contributed by atoms with van der Waals surface area (Å²) in [5.74, 6) is 1.52. The summed E-state index contributed by atoms with van der Waals surface area (Å²) in [5, 5.41) is 0. The normalized spacial score (nSPS) is 13.3. The Morgan fingerprint density at radius 3 is 2.29 bits per heavy atom. The molecule has 0 aromatic heterocycles. The molecule has 0 bridgehead atoms. The van der Waals surface area contributed by atoms with Crippen LogP contribution >= 0.6 is 8.60 Å². The van der Waals surface area contributed by atoms with Crippen LogP contribution in [0.25, 0.3) is 0 Å². The van der Waals surface area contributed by atoms with E-state index in [2.05, 4.69) is 34.6 Å². The van der Waals surface area contributed by atoms with Gasteiger partial charge in [0.2, 0.25) is 0 Å². The standard InChI is InChI=1S/C20H35O3P/c1-17(2)13-9-7-6-8-12-16-22-24(21)23-19-15-11-10-14-18(19)20(3,4)5/h10-11,14-15,17,21H,6-9,12-13,16H2,1-5H3. The number of para-hydroxylation sites is 1. The molecule has 1 aromatic rings. The van der Waals surface area contributed by atoms with E-state index in [-0.39, 0.29) is 5.41 Å². The Morgan fingerprint density at radius 1 is 1.00 bits per heavy atom. The smallest absolute Gasteiger partial charge is 0.394 e. The largest absolute Gasteiger partial charge is 0.427 e. The molecule has 24 heavy (non-hydrogen) atoms. The average Bonchev–Trinajstić information content (AvgIpc) is 2.49. The van der Waals surface area contributed by atoms with Crippen molar-refractivity contribution < 1.29 is 13.9 Å². The van der Waals surface area contributed by atoms with E-state index in [0.717, 1.165) is 24.3 Å². The van der Waals surface area contributed by atoms with Gasteiger partial charge in [0.1, 0.15) is 5.75 Å². The van der Waals surface area contributed by atoms with E-state index in [0.29, 0.717) is 12.4 Å². The highest BCUT2D eigenvalue weighted by molar-refractivity contribution is 7.41. The Labute approximate surface area is 149 Å². The summed E-state index contributed by atoms with van der Waals surface area (Å²) in [6.45, 7) is 11.5. The Morgan fingerprint density at radius 2 is 1.62 bits per heavy atom. The van der Waals surface area contributed by atoms with Gasteiger partial charge in [-0.05, 0) is 29.4 Å². The van der Waals surface area contributed by atoms with Crippen LogP contribution in [0.3, 0.4) is 0 Å². The second kappa shape index (κ2) is 11.1. The molecule has 1 N–H and O–H groups in total. The highest BCUT2D eigenvalue weighted by Crippen LogP contribution is 2.40. The first-order valence-electron chi connectivity index (χ1n) is 9.20. The lowest BCUT2D eigenvalue weighted by atomic mass is 9.86. The van der Waals surface area contributed by atoms with Crippen molar-refractivity contribution in [3.8, 4) is 5.75 Å². The molecule has 0 fully saturated rings. The van der Waals surface area contributed by atoms with E-state index in [1.54, 1.807) is 0 Å². The van der Waals surface area contributed by atoms with Crippen LogP contribution in [0.5, 0.6) is 5.75 Å². The lowest BCUT2D eigenvalue weighted by molar-refractivity contribution is 0.252. The second-order valence-corrected chi connectivity index (χ2v) is 8.78. The average molecular weight is 354 g/mol. The molecule has 1 unspecified atom stereocenters. The van der Waals surface area contributed by atoms with Crippen molar-refractivity contribution in [2.75, 3.05) is 6.61 Å². The lowest BCUT2D eigenvalue weighted by Gasteiger charge is -2.23. The minimum absolute atomic E-state index is 0.0250. The third-order valence-corrected chi connectivity index (χ3v) is 4.76. The first-order valence-corrected chi connectivity index (χ1v) is 10.3. The van der Waals surface area contributed by atoms with Gasteiger partial charge in [-0.25, -0.2) is 0 Å². The molecule has 4 heteroatoms. The van der Waals surface area contributed by atoms with Crippen LogP contribution in [0.15, 0.2) is 24.3 Å². The lowest BCUT2D eigenvalue weighted by Crippen LogP contribution is -2.12. The predicted octanol–water partition coefficient (Wildman–Crippen LogP) is 6.60. The maximum atomic E-state index is 10.0. The highest BCUT2D eigenvalue weighted by Gasteiger charge is 2.20. The van der Waals surface area contributed by atoms with Gasteiger partial charge in [-0.1, -0.05) is 84.9 Å². The molecule has 0 radical (unpaired) electrons. The van der Waals surface area contributed by atoms with Crippen LogP contribution in [-0.2, 0) is 9.94 Å². The first kappa shape index (κ1) is 21.4. The molecule has 0 aliphatic carbocycles. The van der Waals surface area contributed by atoms with Crippen molar-refractivity contribution in [1.29, 1.82) is 0 Å². The molecular formula is C20H35O3P. The van der Waals surface area contributed by atoms with Crippen molar-refractivity contribution in [1.82, 2.24) is 0 Å². The summed E-state index contributed by atoms with van der Waals surface area (Å²) in [4.78, 5) is 10.0. The van der Waals surface area contributed by atoms with Gasteiger partial charge in [0, 0.05) is 0 Å². The summed E-state index contributed by atoms with van der Waals surface area (Å²) >= 11 is 0. The van der Waals surface area contributed by atoms with Gasteiger partial charge in [0.25, 0.3) is 0 Å². The topological polar surface area (TPSA) is 38.7 Å². The molecule has 0 spiro atoms. The van der Waals surface area contributed by atoms with E-state index < -0.39 is 8.60 Å². The third-order valence-electron chi connectivity index (χ3n) is 4.00. The molecule has 0 amide bonds. The number of rotatable bonds is 11. The van der Waals surface area contributed by atoms with E-state index in [4.69, 9.17) is 9.05 Å². The van der Waals surface area contributed by atoms with Crippen molar-refractivity contribution in [2.45, 2.75) is 78.6 Å². The molecular weight excluding hydrogens is 319 g/mol. The number of hydrogen-bond acceptors (Lipinski definition) is 3. The monoisotopic (exact) mass is 354 g/mol. The third kappa shape index (κ3) is 9.01. The molecule has 0 aliphatic rings. The maximum Gasteiger partial charge on any atom is 0.394 e. The summed E-state index contributed by atoms with van der Waals surface area (Å²) in [6, 6.07) is 7.85. The fourth-order valence-electron chi connectivity index (χ4n) is 2.60. The molecule has 3 nitrogen and oxygen atoms in total. The van der Waals surface area contributed by atoms with Crippen LogP contribution in [0, 0.1) is 5.92 Å². The molecule has 138 valence electrons. The van der Waals surface area contributed by atoms with Crippen LogP contribution in [0.4, 0.5) is 0 Å². The Hall–Kier alpha value is -0.630. The van der Waals surface area contributed by atoms with Gasteiger partial charge >= 0.3 is 8.60 Å². The van der Waals surface area contributed by atoms with Crippen LogP contribution in [-0.4, -0.2) is 11.5 Å². The van der Waals surface area contributed by atoms with Gasteiger partial charge < -0.3 is 13.9 Å². The molecule has 0 heterocycles. The van der Waals surface area contributed by atoms with Crippen molar-refractivity contribution in [3.05, 3.63) is 29.8 Å². The van der Waals surface area contributed by atoms with Gasteiger partial charge in [-0.3, -0.25) is 0 Å². The summed E-state index contributed by atoms with van der Waals surface area (Å²) in [7, 11) is -1.86. The molecule has 1 aromatic carbocycles. The zero-order valence-corrected chi connectivity index (χ0v) is 16.9. The number of benzene rings is 1. The Bertz CT molecular complexity index is 454. The quantitative estimate of drug-likeness (QED) is 0.359. The van der Waals surface area contributed by atoms with E-state index >= 15 is 0 Å². The summed E-state index contributed by atoms with van der Waals surface area (Å²) in [5.41, 5.74) is 1.06. The minimum Gasteiger partial charge on any atom is -0.427 e. The van der Waals surface area contributed by atoms with E-state index in [1.165, 1.54) is 25.7 Å². The van der Waals surface area contributed by atoms with Gasteiger partial charge in [-0.2, -0.15) is 0 Å². The van der Waals surface area contributed by atoms with E-state index in [1.807, 2.05) is 24.3 Å². The van der Waals surface area contributed by atoms with Crippen molar-refractivity contribution in [2.24, 2.45) is 5.92 Å².